The molecule has 94 valence electrons. The molecule has 0 amide bonds. The topological polar surface area (TPSA) is 47.6 Å². The van der Waals surface area contributed by atoms with E-state index in [0.717, 1.165) is 6.42 Å². The molecule has 17 heavy (non-hydrogen) atoms. The minimum absolute atomic E-state index is 0.0528. The van der Waals surface area contributed by atoms with Crippen LogP contribution in [0.2, 0.25) is 0 Å². The number of rotatable bonds is 6. The molecule has 1 aromatic rings. The Hall–Kier alpha value is -1.55. The minimum Gasteiger partial charge on any atom is -0.482 e. The van der Waals surface area contributed by atoms with Crippen LogP contribution in [0.1, 0.15) is 12.5 Å². The first kappa shape index (κ1) is 13.5. The van der Waals surface area contributed by atoms with Gasteiger partial charge in [-0.25, -0.2) is 4.79 Å². The van der Waals surface area contributed by atoms with E-state index < -0.39 is 0 Å². The number of carbonyl (C=O) groups is 1. The van der Waals surface area contributed by atoms with Crippen LogP contribution >= 0.6 is 0 Å². The predicted molar refractivity (Wildman–Crippen MR) is 66.2 cm³/mol. The zero-order chi connectivity index (χ0) is 12.7. The normalized spacial score (nSPS) is 11.9. The van der Waals surface area contributed by atoms with Gasteiger partial charge in [-0.1, -0.05) is 12.1 Å². The lowest BCUT2D eigenvalue weighted by atomic mass is 10.1. The molecule has 0 aliphatic heterocycles. The number of nitrogens with one attached hydrogen (secondary N) is 1. The summed E-state index contributed by atoms with van der Waals surface area (Å²) in [6, 6.07) is 8.17. The lowest BCUT2D eigenvalue weighted by molar-refractivity contribution is -0.142. The highest BCUT2D eigenvalue weighted by Crippen LogP contribution is 2.13. The van der Waals surface area contributed by atoms with Gasteiger partial charge >= 0.3 is 5.97 Å². The molecular weight excluding hydrogens is 218 g/mol. The molecule has 0 bridgehead atoms. The Morgan fingerprint density at radius 1 is 1.35 bits per heavy atom. The van der Waals surface area contributed by atoms with E-state index >= 15 is 0 Å². The van der Waals surface area contributed by atoms with Crippen molar-refractivity contribution in [1.29, 1.82) is 0 Å². The van der Waals surface area contributed by atoms with Crippen molar-refractivity contribution in [1.82, 2.24) is 5.32 Å². The van der Waals surface area contributed by atoms with E-state index in [-0.39, 0.29) is 12.6 Å². The van der Waals surface area contributed by atoms with Crippen LogP contribution in [0.3, 0.4) is 0 Å². The predicted octanol–water partition coefficient (Wildman–Crippen LogP) is 1.39. The summed E-state index contributed by atoms with van der Waals surface area (Å²) < 4.78 is 9.75. The van der Waals surface area contributed by atoms with Gasteiger partial charge in [0.2, 0.25) is 0 Å². The van der Waals surface area contributed by atoms with Crippen LogP contribution in [0.15, 0.2) is 24.3 Å². The molecule has 0 saturated carbocycles. The Kier molecular flexibility index (Phi) is 5.49. The summed E-state index contributed by atoms with van der Waals surface area (Å²) in [5.74, 6) is 0.300. The lowest BCUT2D eigenvalue weighted by Gasteiger charge is -2.10. The van der Waals surface area contributed by atoms with E-state index in [1.165, 1.54) is 12.7 Å². The second kappa shape index (κ2) is 6.91. The van der Waals surface area contributed by atoms with Gasteiger partial charge in [0, 0.05) is 6.04 Å². The van der Waals surface area contributed by atoms with E-state index in [9.17, 15) is 4.79 Å². The summed E-state index contributed by atoms with van der Waals surface area (Å²) in [6.07, 6.45) is 0.966. The molecule has 4 nitrogen and oxygen atoms in total. The third-order valence-electron chi connectivity index (χ3n) is 2.54. The Balaban J connectivity index is 2.47. The molecule has 0 spiro atoms. The van der Waals surface area contributed by atoms with E-state index in [2.05, 4.69) is 17.0 Å². The summed E-state index contributed by atoms with van der Waals surface area (Å²) in [5.41, 5.74) is 1.23. The molecule has 0 saturated heterocycles. The van der Waals surface area contributed by atoms with Gasteiger partial charge in [0.15, 0.2) is 6.61 Å². The zero-order valence-corrected chi connectivity index (χ0v) is 10.5. The first-order chi connectivity index (χ1) is 8.15. The number of likely N-dealkylation sites (N-methyl/N-ethyl adjacent to an activating group) is 1. The van der Waals surface area contributed by atoms with Gasteiger partial charge < -0.3 is 14.8 Å². The van der Waals surface area contributed by atoms with Crippen molar-refractivity contribution >= 4 is 5.97 Å². The maximum absolute atomic E-state index is 10.9. The minimum atomic E-state index is -0.377. The smallest absolute Gasteiger partial charge is 0.343 e. The van der Waals surface area contributed by atoms with E-state index in [1.807, 2.05) is 31.3 Å². The fourth-order valence-corrected chi connectivity index (χ4v) is 1.38. The van der Waals surface area contributed by atoms with Crippen molar-refractivity contribution in [2.45, 2.75) is 19.4 Å². The maximum atomic E-state index is 10.9. The molecule has 1 unspecified atom stereocenters. The molecule has 0 aromatic heterocycles. The van der Waals surface area contributed by atoms with Crippen molar-refractivity contribution in [2.24, 2.45) is 0 Å². The third kappa shape index (κ3) is 4.87. The van der Waals surface area contributed by atoms with Gasteiger partial charge in [-0.2, -0.15) is 0 Å². The molecule has 0 aliphatic carbocycles. The Labute approximate surface area is 102 Å². The number of benzene rings is 1. The number of methoxy groups -OCH3 is 1. The highest BCUT2D eigenvalue weighted by molar-refractivity contribution is 5.70. The molecule has 1 rings (SSSR count). The average Bonchev–Trinajstić information content (AvgIpc) is 2.37. The highest BCUT2D eigenvalue weighted by Gasteiger charge is 2.03. The first-order valence-corrected chi connectivity index (χ1v) is 5.61. The number of esters is 1. The SMILES string of the molecule is CNC(C)Cc1ccc(OCC(=O)OC)cc1. The van der Waals surface area contributed by atoms with Crippen LogP contribution in [-0.2, 0) is 16.0 Å². The average molecular weight is 237 g/mol. The molecule has 4 heteroatoms. The fourth-order valence-electron chi connectivity index (χ4n) is 1.38. The Bertz CT molecular complexity index is 348. The van der Waals surface area contributed by atoms with E-state index in [4.69, 9.17) is 4.74 Å². The first-order valence-electron chi connectivity index (χ1n) is 5.61. The van der Waals surface area contributed by atoms with Crippen LogP contribution in [0.4, 0.5) is 0 Å². The second-order valence-corrected chi connectivity index (χ2v) is 3.90. The lowest BCUT2D eigenvalue weighted by Crippen LogP contribution is -2.23. The Morgan fingerprint density at radius 3 is 2.53 bits per heavy atom. The van der Waals surface area contributed by atoms with Crippen LogP contribution < -0.4 is 10.1 Å². The van der Waals surface area contributed by atoms with Gasteiger partial charge in [0.1, 0.15) is 5.75 Å². The van der Waals surface area contributed by atoms with Crippen molar-refractivity contribution in [2.75, 3.05) is 20.8 Å². The van der Waals surface area contributed by atoms with Gasteiger partial charge in [-0.05, 0) is 38.1 Å². The third-order valence-corrected chi connectivity index (χ3v) is 2.54. The summed E-state index contributed by atoms with van der Waals surface area (Å²) in [5, 5.41) is 3.18. The molecule has 1 atom stereocenters. The molecule has 0 radical (unpaired) electrons. The highest BCUT2D eigenvalue weighted by atomic mass is 16.6. The summed E-state index contributed by atoms with van der Waals surface area (Å²) >= 11 is 0. The van der Waals surface area contributed by atoms with Gasteiger partial charge in [-0.15, -0.1) is 0 Å². The maximum Gasteiger partial charge on any atom is 0.343 e. The van der Waals surface area contributed by atoms with Gasteiger partial charge in [-0.3, -0.25) is 0 Å². The van der Waals surface area contributed by atoms with Gasteiger partial charge in [0.05, 0.1) is 7.11 Å². The molecule has 0 fully saturated rings. The largest absolute Gasteiger partial charge is 0.482 e. The fraction of sp³-hybridized carbons (Fsp3) is 0.462. The monoisotopic (exact) mass is 237 g/mol. The van der Waals surface area contributed by atoms with Crippen molar-refractivity contribution in [3.63, 3.8) is 0 Å². The number of hydrogen-bond donors (Lipinski definition) is 1. The van der Waals surface area contributed by atoms with Crippen molar-refractivity contribution in [3.05, 3.63) is 29.8 Å². The van der Waals surface area contributed by atoms with E-state index in [0.29, 0.717) is 11.8 Å². The van der Waals surface area contributed by atoms with E-state index in [1.54, 1.807) is 0 Å². The summed E-state index contributed by atoms with van der Waals surface area (Å²) in [6.45, 7) is 2.07. The summed E-state index contributed by atoms with van der Waals surface area (Å²) in [7, 11) is 3.28. The molecule has 0 heterocycles. The Morgan fingerprint density at radius 2 is 2.00 bits per heavy atom. The molecule has 0 aliphatic rings. The van der Waals surface area contributed by atoms with Crippen molar-refractivity contribution < 1.29 is 14.3 Å². The zero-order valence-electron chi connectivity index (χ0n) is 10.5. The quantitative estimate of drug-likeness (QED) is 0.759. The molecule has 1 N–H and O–H groups in total. The van der Waals surface area contributed by atoms with Crippen LogP contribution in [0, 0.1) is 0 Å². The number of carbonyl (C=O) groups excluding carboxylic acids is 1. The molecular formula is C13H19NO3. The van der Waals surface area contributed by atoms with Crippen LogP contribution in [0.5, 0.6) is 5.75 Å². The molecule has 1 aromatic carbocycles. The summed E-state index contributed by atoms with van der Waals surface area (Å²) in [4.78, 5) is 10.9. The number of hydrogen-bond acceptors (Lipinski definition) is 4. The number of ether oxygens (including phenoxy) is 2. The van der Waals surface area contributed by atoms with Crippen LogP contribution in [0.25, 0.3) is 0 Å². The van der Waals surface area contributed by atoms with Gasteiger partial charge in [0.25, 0.3) is 0 Å². The van der Waals surface area contributed by atoms with Crippen LogP contribution in [-0.4, -0.2) is 32.8 Å². The van der Waals surface area contributed by atoms with Crippen molar-refractivity contribution in [3.8, 4) is 5.75 Å². The standard InChI is InChI=1S/C13H19NO3/c1-10(14-2)8-11-4-6-12(7-5-11)17-9-13(15)16-3/h4-7,10,14H,8-9H2,1-3H3. The second-order valence-electron chi connectivity index (χ2n) is 3.90.